The van der Waals surface area contributed by atoms with Crippen LogP contribution in [0.2, 0.25) is 5.02 Å². The van der Waals surface area contributed by atoms with Gasteiger partial charge >= 0.3 is 0 Å². The van der Waals surface area contributed by atoms with E-state index in [1.165, 1.54) is 11.3 Å². The van der Waals surface area contributed by atoms with E-state index < -0.39 is 0 Å². The zero-order valence-corrected chi connectivity index (χ0v) is 18.1. The standard InChI is InChI=1S/C21H24ClN3O2S/c1-14-6-5-7-16(12-14)27-13-18(26)25(11-10-24(3)4)21-23-19-15(2)8-9-17(22)20(19)28-21/h5-9,12H,10-11,13H2,1-4H3. The normalized spacial score (nSPS) is 11.2. The molecular weight excluding hydrogens is 394 g/mol. The maximum absolute atomic E-state index is 13.0. The van der Waals surface area contributed by atoms with Crippen molar-refractivity contribution in [2.24, 2.45) is 0 Å². The van der Waals surface area contributed by atoms with Crippen LogP contribution in [0.1, 0.15) is 11.1 Å². The van der Waals surface area contributed by atoms with Crippen LogP contribution in [0.15, 0.2) is 36.4 Å². The van der Waals surface area contributed by atoms with Gasteiger partial charge in [0.05, 0.1) is 15.2 Å². The number of hydrogen-bond donors (Lipinski definition) is 0. The molecule has 1 amide bonds. The van der Waals surface area contributed by atoms with E-state index in [1.807, 2.05) is 69.2 Å². The Morgan fingerprint density at radius 2 is 1.96 bits per heavy atom. The summed E-state index contributed by atoms with van der Waals surface area (Å²) in [6, 6.07) is 11.5. The lowest BCUT2D eigenvalue weighted by Crippen LogP contribution is -2.39. The molecule has 3 rings (SSSR count). The SMILES string of the molecule is Cc1cccc(OCC(=O)N(CCN(C)C)c2nc3c(C)ccc(Cl)c3s2)c1. The minimum Gasteiger partial charge on any atom is -0.484 e. The largest absolute Gasteiger partial charge is 0.484 e. The third-order valence-corrected chi connectivity index (χ3v) is 5.88. The molecule has 0 atom stereocenters. The van der Waals surface area contributed by atoms with Gasteiger partial charge in [0.2, 0.25) is 0 Å². The average Bonchev–Trinajstić information content (AvgIpc) is 3.09. The molecule has 0 aliphatic rings. The number of fused-ring (bicyclic) bond motifs is 1. The Morgan fingerprint density at radius 1 is 1.18 bits per heavy atom. The van der Waals surface area contributed by atoms with Crippen LogP contribution in [-0.2, 0) is 4.79 Å². The van der Waals surface area contributed by atoms with E-state index in [0.29, 0.717) is 22.4 Å². The summed E-state index contributed by atoms with van der Waals surface area (Å²) in [6.07, 6.45) is 0. The van der Waals surface area contributed by atoms with Crippen LogP contribution in [0.3, 0.4) is 0 Å². The van der Waals surface area contributed by atoms with E-state index in [-0.39, 0.29) is 12.5 Å². The molecule has 1 heterocycles. The molecule has 1 aromatic heterocycles. The fraction of sp³-hybridized carbons (Fsp3) is 0.333. The van der Waals surface area contributed by atoms with Crippen LogP contribution in [0.4, 0.5) is 5.13 Å². The van der Waals surface area contributed by atoms with E-state index in [2.05, 4.69) is 0 Å². The second-order valence-corrected chi connectivity index (χ2v) is 8.38. The number of aromatic nitrogens is 1. The van der Waals surface area contributed by atoms with E-state index in [4.69, 9.17) is 21.3 Å². The van der Waals surface area contributed by atoms with Crippen LogP contribution in [-0.4, -0.2) is 49.6 Å². The Morgan fingerprint density at radius 3 is 2.64 bits per heavy atom. The van der Waals surface area contributed by atoms with Gasteiger partial charge in [0, 0.05) is 13.1 Å². The van der Waals surface area contributed by atoms with Gasteiger partial charge in [-0.3, -0.25) is 9.69 Å². The lowest BCUT2D eigenvalue weighted by molar-refractivity contribution is -0.120. The first-order chi connectivity index (χ1) is 13.3. The highest BCUT2D eigenvalue weighted by atomic mass is 35.5. The number of benzene rings is 2. The van der Waals surface area contributed by atoms with Crippen LogP contribution in [0, 0.1) is 13.8 Å². The molecule has 3 aromatic rings. The topological polar surface area (TPSA) is 45.7 Å². The summed E-state index contributed by atoms with van der Waals surface area (Å²) < 4.78 is 6.63. The van der Waals surface area contributed by atoms with Crippen molar-refractivity contribution in [2.75, 3.05) is 38.7 Å². The maximum Gasteiger partial charge on any atom is 0.266 e. The van der Waals surface area contributed by atoms with Crippen molar-refractivity contribution in [2.45, 2.75) is 13.8 Å². The number of hydrogen-bond acceptors (Lipinski definition) is 5. The molecule has 0 unspecified atom stereocenters. The minimum absolute atomic E-state index is 0.0421. The minimum atomic E-state index is -0.129. The van der Waals surface area contributed by atoms with E-state index in [1.54, 1.807) is 4.90 Å². The van der Waals surface area contributed by atoms with Crippen LogP contribution >= 0.6 is 22.9 Å². The second-order valence-electron chi connectivity index (χ2n) is 6.99. The van der Waals surface area contributed by atoms with Gasteiger partial charge in [0.25, 0.3) is 5.91 Å². The number of amides is 1. The van der Waals surface area contributed by atoms with E-state index >= 15 is 0 Å². The highest BCUT2D eigenvalue weighted by Gasteiger charge is 2.21. The van der Waals surface area contributed by atoms with Gasteiger partial charge in [-0.1, -0.05) is 41.1 Å². The Kier molecular flexibility index (Phi) is 6.54. The number of anilines is 1. The number of halogens is 1. The molecule has 0 N–H and O–H groups in total. The van der Waals surface area contributed by atoms with Crippen LogP contribution in [0.25, 0.3) is 10.2 Å². The molecule has 0 radical (unpaired) electrons. The summed E-state index contributed by atoms with van der Waals surface area (Å²) in [5.41, 5.74) is 2.97. The first-order valence-corrected chi connectivity index (χ1v) is 10.2. The maximum atomic E-state index is 13.0. The fourth-order valence-corrected chi connectivity index (χ4v) is 4.12. The predicted molar refractivity (Wildman–Crippen MR) is 117 cm³/mol. The number of rotatable bonds is 7. The summed E-state index contributed by atoms with van der Waals surface area (Å²) in [7, 11) is 3.95. The summed E-state index contributed by atoms with van der Waals surface area (Å²) in [5, 5.41) is 1.30. The predicted octanol–water partition coefficient (Wildman–Crippen LogP) is 4.54. The van der Waals surface area contributed by atoms with Crippen molar-refractivity contribution in [3.05, 3.63) is 52.5 Å². The van der Waals surface area contributed by atoms with Gasteiger partial charge in [-0.2, -0.15) is 0 Å². The average molecular weight is 418 g/mol. The quantitative estimate of drug-likeness (QED) is 0.566. The Balaban J connectivity index is 1.85. The molecule has 2 aromatic carbocycles. The molecule has 0 fully saturated rings. The van der Waals surface area contributed by atoms with E-state index in [9.17, 15) is 4.79 Å². The van der Waals surface area contributed by atoms with Crippen molar-refractivity contribution < 1.29 is 9.53 Å². The summed E-state index contributed by atoms with van der Waals surface area (Å²) in [6.45, 7) is 5.19. The van der Waals surface area contributed by atoms with Crippen LogP contribution in [0.5, 0.6) is 5.75 Å². The molecule has 28 heavy (non-hydrogen) atoms. The summed E-state index contributed by atoms with van der Waals surface area (Å²) in [4.78, 5) is 21.4. The number of nitrogens with zero attached hydrogens (tertiary/aromatic N) is 3. The van der Waals surface area contributed by atoms with Gasteiger partial charge in [0.1, 0.15) is 5.75 Å². The molecular formula is C21H24ClN3O2S. The lowest BCUT2D eigenvalue weighted by Gasteiger charge is -2.22. The molecule has 0 saturated heterocycles. The number of thiazole rings is 1. The fourth-order valence-electron chi connectivity index (χ4n) is 2.76. The molecule has 7 heteroatoms. The number of likely N-dealkylation sites (N-methyl/N-ethyl adjacent to an activating group) is 1. The Hall–Kier alpha value is -2.15. The Bertz CT molecular complexity index is 948. The zero-order valence-electron chi connectivity index (χ0n) is 16.5. The monoisotopic (exact) mass is 417 g/mol. The van der Waals surface area contributed by atoms with Gasteiger partial charge in [-0.15, -0.1) is 0 Å². The number of aryl methyl sites for hydroxylation is 2. The second kappa shape index (κ2) is 8.90. The molecule has 0 aliphatic carbocycles. The highest BCUT2D eigenvalue weighted by Crippen LogP contribution is 2.35. The highest BCUT2D eigenvalue weighted by molar-refractivity contribution is 7.23. The van der Waals surface area contributed by atoms with Crippen molar-refractivity contribution >= 4 is 44.2 Å². The molecule has 0 aliphatic heterocycles. The first kappa shape index (κ1) is 20.6. The Labute approximate surface area is 174 Å². The number of ether oxygens (including phenoxy) is 1. The molecule has 0 saturated carbocycles. The van der Waals surface area contributed by atoms with Crippen molar-refractivity contribution in [1.82, 2.24) is 9.88 Å². The van der Waals surface area contributed by atoms with Gasteiger partial charge in [-0.05, 0) is 57.3 Å². The number of carbonyl (C=O) groups excluding carboxylic acids is 1. The third-order valence-electron chi connectivity index (χ3n) is 4.34. The molecule has 0 spiro atoms. The summed E-state index contributed by atoms with van der Waals surface area (Å²) >= 11 is 7.78. The zero-order chi connectivity index (χ0) is 20.3. The summed E-state index contributed by atoms with van der Waals surface area (Å²) in [5.74, 6) is 0.556. The molecule has 5 nitrogen and oxygen atoms in total. The lowest BCUT2D eigenvalue weighted by atomic mass is 10.2. The van der Waals surface area contributed by atoms with Crippen molar-refractivity contribution in [3.8, 4) is 5.75 Å². The third kappa shape index (κ3) is 4.82. The smallest absolute Gasteiger partial charge is 0.266 e. The van der Waals surface area contributed by atoms with Crippen LogP contribution < -0.4 is 9.64 Å². The first-order valence-electron chi connectivity index (χ1n) is 9.05. The number of carbonyl (C=O) groups is 1. The molecule has 148 valence electrons. The molecule has 0 bridgehead atoms. The van der Waals surface area contributed by atoms with Crippen molar-refractivity contribution in [3.63, 3.8) is 0 Å². The van der Waals surface area contributed by atoms with Gasteiger partial charge < -0.3 is 9.64 Å². The van der Waals surface area contributed by atoms with Crippen molar-refractivity contribution in [1.29, 1.82) is 0 Å². The van der Waals surface area contributed by atoms with Gasteiger partial charge in [0.15, 0.2) is 11.7 Å². The van der Waals surface area contributed by atoms with Gasteiger partial charge in [-0.25, -0.2) is 4.98 Å². The van der Waals surface area contributed by atoms with E-state index in [0.717, 1.165) is 27.9 Å².